The molecule has 1 spiro atoms. The minimum Gasteiger partial charge on any atom is -0.376 e. The highest BCUT2D eigenvalue weighted by molar-refractivity contribution is 7.90. The van der Waals surface area contributed by atoms with Gasteiger partial charge in [0.1, 0.15) is 11.4 Å². The lowest BCUT2D eigenvalue weighted by Gasteiger charge is -2.33. The largest absolute Gasteiger partial charge is 0.376 e. The molecule has 0 bridgehead atoms. The van der Waals surface area contributed by atoms with Crippen LogP contribution >= 0.6 is 0 Å². The molecule has 1 atom stereocenters. The van der Waals surface area contributed by atoms with E-state index in [9.17, 15) is 13.2 Å². The SMILES string of the molecule is Cc1ccc(C(=O)NCc2cc3nc(-c4cccc(N5CC[C@@]6(COCCO6)C5)n4)ccc3cn2)cc1S(C)(=O)=O. The van der Waals surface area contributed by atoms with Crippen LogP contribution in [0.25, 0.3) is 22.3 Å². The predicted octanol–water partition coefficient (Wildman–Crippen LogP) is 3.33. The maximum Gasteiger partial charge on any atom is 0.251 e. The molecule has 0 aliphatic carbocycles. The van der Waals surface area contributed by atoms with Gasteiger partial charge in [0.15, 0.2) is 9.84 Å². The lowest BCUT2D eigenvalue weighted by Crippen LogP contribution is -2.45. The number of anilines is 1. The third-order valence-electron chi connectivity index (χ3n) is 7.55. The molecule has 10 nitrogen and oxygen atoms in total. The Balaban J connectivity index is 1.18. The van der Waals surface area contributed by atoms with Crippen molar-refractivity contribution in [1.29, 1.82) is 0 Å². The number of carbonyl (C=O) groups is 1. The Hall–Kier alpha value is -3.93. The quantitative estimate of drug-likeness (QED) is 0.370. The molecule has 2 saturated heterocycles. The maximum absolute atomic E-state index is 12.8. The van der Waals surface area contributed by atoms with Gasteiger partial charge in [0.2, 0.25) is 0 Å². The van der Waals surface area contributed by atoms with E-state index in [1.54, 1.807) is 25.3 Å². The van der Waals surface area contributed by atoms with E-state index in [0.29, 0.717) is 31.1 Å². The van der Waals surface area contributed by atoms with E-state index in [1.165, 1.54) is 6.07 Å². The lowest BCUT2D eigenvalue weighted by atomic mass is 10.0. The fraction of sp³-hybridized carbons (Fsp3) is 0.333. The molecule has 1 aromatic carbocycles. The number of fused-ring (bicyclic) bond motifs is 1. The van der Waals surface area contributed by atoms with Gasteiger partial charge in [-0.3, -0.25) is 9.78 Å². The van der Waals surface area contributed by atoms with Gasteiger partial charge in [-0.05, 0) is 61.4 Å². The zero-order valence-corrected chi connectivity index (χ0v) is 23.8. The van der Waals surface area contributed by atoms with Gasteiger partial charge in [0.25, 0.3) is 5.91 Å². The highest BCUT2D eigenvalue weighted by Gasteiger charge is 2.41. The van der Waals surface area contributed by atoms with Crippen LogP contribution in [-0.2, 0) is 25.9 Å². The van der Waals surface area contributed by atoms with Crippen molar-refractivity contribution in [2.75, 3.05) is 44.1 Å². The van der Waals surface area contributed by atoms with Crippen LogP contribution in [0, 0.1) is 6.92 Å². The number of hydrogen-bond donors (Lipinski definition) is 1. The molecule has 212 valence electrons. The van der Waals surface area contributed by atoms with E-state index in [0.717, 1.165) is 53.9 Å². The first-order valence-corrected chi connectivity index (χ1v) is 15.4. The molecular weight excluding hydrogens is 542 g/mol. The zero-order chi connectivity index (χ0) is 28.6. The molecule has 0 saturated carbocycles. The summed E-state index contributed by atoms with van der Waals surface area (Å²) in [7, 11) is -3.44. The van der Waals surface area contributed by atoms with E-state index >= 15 is 0 Å². The van der Waals surface area contributed by atoms with Crippen LogP contribution in [0.15, 0.2) is 65.7 Å². The fourth-order valence-electron chi connectivity index (χ4n) is 5.35. The molecular formula is C30H31N5O5S. The minimum atomic E-state index is -3.44. The Kier molecular flexibility index (Phi) is 7.18. The average molecular weight is 574 g/mol. The van der Waals surface area contributed by atoms with Crippen LogP contribution in [-0.4, -0.2) is 74.0 Å². The second-order valence-electron chi connectivity index (χ2n) is 10.6. The number of aromatic nitrogens is 3. The number of ether oxygens (including phenoxy) is 2. The van der Waals surface area contributed by atoms with Gasteiger partial charge in [0.05, 0.1) is 60.4 Å². The van der Waals surface area contributed by atoms with Gasteiger partial charge in [-0.1, -0.05) is 12.1 Å². The van der Waals surface area contributed by atoms with Crippen molar-refractivity contribution in [3.63, 3.8) is 0 Å². The summed E-state index contributed by atoms with van der Waals surface area (Å²) in [5.74, 6) is 0.497. The Morgan fingerprint density at radius 2 is 1.93 bits per heavy atom. The molecule has 0 unspecified atom stereocenters. The first kappa shape index (κ1) is 27.3. The molecule has 2 fully saturated rings. The molecule has 1 amide bonds. The molecule has 2 aliphatic rings. The van der Waals surface area contributed by atoms with Crippen molar-refractivity contribution in [2.24, 2.45) is 0 Å². The van der Waals surface area contributed by atoms with Crippen molar-refractivity contribution >= 4 is 32.5 Å². The number of hydrogen-bond acceptors (Lipinski definition) is 9. The molecule has 2 aliphatic heterocycles. The van der Waals surface area contributed by atoms with Crippen molar-refractivity contribution in [1.82, 2.24) is 20.3 Å². The Bertz CT molecular complexity index is 1740. The van der Waals surface area contributed by atoms with Crippen molar-refractivity contribution in [2.45, 2.75) is 30.4 Å². The molecule has 1 N–H and O–H groups in total. The minimum absolute atomic E-state index is 0.143. The van der Waals surface area contributed by atoms with Gasteiger partial charge in [-0.15, -0.1) is 0 Å². The summed E-state index contributed by atoms with van der Waals surface area (Å²) in [5.41, 5.74) is 3.47. The number of amides is 1. The van der Waals surface area contributed by atoms with E-state index in [-0.39, 0.29) is 28.5 Å². The van der Waals surface area contributed by atoms with Crippen LogP contribution in [0.1, 0.15) is 28.0 Å². The van der Waals surface area contributed by atoms with Gasteiger partial charge in [-0.2, -0.15) is 0 Å². The topological polar surface area (TPSA) is 124 Å². The number of aryl methyl sites for hydroxylation is 1. The highest BCUT2D eigenvalue weighted by Crippen LogP contribution is 2.32. The van der Waals surface area contributed by atoms with Crippen LogP contribution < -0.4 is 10.2 Å². The Morgan fingerprint density at radius 1 is 1.07 bits per heavy atom. The van der Waals surface area contributed by atoms with E-state index < -0.39 is 9.84 Å². The molecule has 11 heteroatoms. The molecule has 41 heavy (non-hydrogen) atoms. The summed E-state index contributed by atoms with van der Waals surface area (Å²) in [6.07, 6.45) is 3.76. The fourth-order valence-corrected chi connectivity index (χ4v) is 6.34. The third-order valence-corrected chi connectivity index (χ3v) is 8.79. The van der Waals surface area contributed by atoms with Gasteiger partial charge in [-0.25, -0.2) is 18.4 Å². The van der Waals surface area contributed by atoms with E-state index in [4.69, 9.17) is 19.4 Å². The smallest absolute Gasteiger partial charge is 0.251 e. The van der Waals surface area contributed by atoms with Crippen molar-refractivity contribution in [3.8, 4) is 11.4 Å². The maximum atomic E-state index is 12.8. The van der Waals surface area contributed by atoms with Gasteiger partial charge < -0.3 is 19.7 Å². The molecule has 5 heterocycles. The predicted molar refractivity (Wildman–Crippen MR) is 155 cm³/mol. The van der Waals surface area contributed by atoms with Crippen molar-refractivity contribution < 1.29 is 22.7 Å². The Labute approximate surface area is 238 Å². The summed E-state index contributed by atoms with van der Waals surface area (Å²) in [6.45, 7) is 5.34. The van der Waals surface area contributed by atoms with Crippen LogP contribution in [0.4, 0.5) is 5.82 Å². The normalized spacial score (nSPS) is 19.1. The first-order chi connectivity index (χ1) is 19.7. The Morgan fingerprint density at radius 3 is 2.73 bits per heavy atom. The summed E-state index contributed by atoms with van der Waals surface area (Å²) in [6, 6.07) is 16.3. The van der Waals surface area contributed by atoms with Gasteiger partial charge in [0, 0.05) is 29.9 Å². The second-order valence-corrected chi connectivity index (χ2v) is 12.6. The van der Waals surface area contributed by atoms with Crippen LogP contribution in [0.5, 0.6) is 0 Å². The number of benzene rings is 1. The van der Waals surface area contributed by atoms with E-state index in [1.807, 2.05) is 36.4 Å². The summed E-state index contributed by atoms with van der Waals surface area (Å²) >= 11 is 0. The van der Waals surface area contributed by atoms with Gasteiger partial charge >= 0.3 is 0 Å². The first-order valence-electron chi connectivity index (χ1n) is 13.5. The van der Waals surface area contributed by atoms with Crippen LogP contribution in [0.3, 0.4) is 0 Å². The standard InChI is InChI=1S/C30H31N5O5S/c1-20-6-7-21(14-27(20)41(2,37)38)29(36)32-17-23-15-26-22(16-31-23)8-9-25(33-26)24-4-3-5-28(34-24)35-11-10-30(18-35)19-39-12-13-40-30/h3-9,14-16H,10-13,17-19H2,1-2H3,(H,32,36)/t30-/m0/s1. The second kappa shape index (κ2) is 10.8. The highest BCUT2D eigenvalue weighted by atomic mass is 32.2. The lowest BCUT2D eigenvalue weighted by molar-refractivity contribution is -0.145. The number of nitrogens with one attached hydrogen (secondary N) is 1. The zero-order valence-electron chi connectivity index (χ0n) is 23.0. The molecule has 6 rings (SSSR count). The number of carbonyl (C=O) groups excluding carboxylic acids is 1. The van der Waals surface area contributed by atoms with Crippen LogP contribution in [0.2, 0.25) is 0 Å². The summed E-state index contributed by atoms with van der Waals surface area (Å²) < 4.78 is 35.8. The molecule has 3 aromatic heterocycles. The van der Waals surface area contributed by atoms with Crippen molar-refractivity contribution in [3.05, 3.63) is 77.6 Å². The third kappa shape index (κ3) is 5.79. The number of nitrogens with zero attached hydrogens (tertiary/aromatic N) is 4. The monoisotopic (exact) mass is 573 g/mol. The number of rotatable bonds is 6. The summed E-state index contributed by atoms with van der Waals surface area (Å²) in [5, 5.41) is 3.69. The number of pyridine rings is 3. The molecule has 0 radical (unpaired) electrons. The average Bonchev–Trinajstić information content (AvgIpc) is 3.38. The summed E-state index contributed by atoms with van der Waals surface area (Å²) in [4.78, 5) is 29.4. The molecule has 4 aromatic rings. The number of sulfone groups is 1. The van der Waals surface area contributed by atoms with E-state index in [2.05, 4.69) is 15.2 Å².